The van der Waals surface area contributed by atoms with Crippen molar-refractivity contribution in [3.05, 3.63) is 30.1 Å². The topological polar surface area (TPSA) is 101 Å². The second-order valence-electron chi connectivity index (χ2n) is 4.52. The maximum absolute atomic E-state index is 13.2. The zero-order valence-corrected chi connectivity index (χ0v) is 11.7. The van der Waals surface area contributed by atoms with Crippen LogP contribution in [0.5, 0.6) is 0 Å². The highest BCUT2D eigenvalue weighted by Crippen LogP contribution is 2.30. The third-order valence-electron chi connectivity index (χ3n) is 2.97. The molecule has 6 nitrogen and oxygen atoms in total. The van der Waals surface area contributed by atoms with E-state index in [0.29, 0.717) is 0 Å². The third-order valence-corrected chi connectivity index (χ3v) is 4.29. The fourth-order valence-electron chi connectivity index (χ4n) is 1.91. The highest BCUT2D eigenvalue weighted by atomic mass is 32.2. The number of anilines is 1. The Balaban J connectivity index is 2.08. The predicted molar refractivity (Wildman–Crippen MR) is 75.4 cm³/mol. The molecule has 1 aromatic rings. The highest BCUT2D eigenvalue weighted by Gasteiger charge is 2.40. The number of nitrogens with zero attached hydrogens (tertiary/aromatic N) is 1. The van der Waals surface area contributed by atoms with Crippen LogP contribution in [0.3, 0.4) is 0 Å². The Morgan fingerprint density at radius 1 is 1.52 bits per heavy atom. The Hall–Kier alpha value is -1.93. The van der Waals surface area contributed by atoms with Crippen LogP contribution >= 0.6 is 11.8 Å². The van der Waals surface area contributed by atoms with Gasteiger partial charge in [0.05, 0.1) is 10.9 Å². The second-order valence-corrected chi connectivity index (χ2v) is 5.75. The maximum Gasteiger partial charge on any atom is 0.321 e. The number of thioether (sulfide) groups is 1. The molecule has 0 spiro atoms. The van der Waals surface area contributed by atoms with Gasteiger partial charge in [-0.3, -0.25) is 14.4 Å². The van der Waals surface area contributed by atoms with Gasteiger partial charge in [-0.05, 0) is 18.2 Å². The molecule has 112 valence electrons. The summed E-state index contributed by atoms with van der Waals surface area (Å²) < 4.78 is 13.2. The van der Waals surface area contributed by atoms with E-state index < -0.39 is 34.9 Å². The van der Waals surface area contributed by atoms with Gasteiger partial charge in [0.25, 0.3) is 0 Å². The Labute approximate surface area is 124 Å². The van der Waals surface area contributed by atoms with E-state index in [9.17, 15) is 18.8 Å². The van der Waals surface area contributed by atoms with Gasteiger partial charge in [0, 0.05) is 12.2 Å². The summed E-state index contributed by atoms with van der Waals surface area (Å²) in [5, 5.41) is 8.00. The minimum Gasteiger partial charge on any atom is -0.480 e. The monoisotopic (exact) mass is 312 g/mol. The van der Waals surface area contributed by atoms with Gasteiger partial charge in [0.15, 0.2) is 0 Å². The second kappa shape index (κ2) is 6.23. The molecule has 3 N–H and O–H groups in total. The molecule has 1 fully saturated rings. The van der Waals surface area contributed by atoms with Crippen molar-refractivity contribution in [3.8, 4) is 0 Å². The summed E-state index contributed by atoms with van der Waals surface area (Å²) in [5.74, 6) is -2.60. The molecule has 2 amide bonds. The molecule has 8 heteroatoms. The van der Waals surface area contributed by atoms with E-state index in [-0.39, 0.29) is 17.9 Å². The molecule has 1 aliphatic rings. The number of benzene rings is 1. The zero-order valence-electron chi connectivity index (χ0n) is 10.9. The number of rotatable bonds is 5. The first-order valence-corrected chi connectivity index (χ1v) is 7.17. The molecule has 2 rings (SSSR count). The van der Waals surface area contributed by atoms with Crippen molar-refractivity contribution in [1.29, 1.82) is 0 Å². The number of halogens is 1. The number of carboxylic acid groups (broad SMARTS) is 1. The molecule has 0 bridgehead atoms. The van der Waals surface area contributed by atoms with Gasteiger partial charge < -0.3 is 10.8 Å². The van der Waals surface area contributed by atoms with Gasteiger partial charge in [-0.15, -0.1) is 11.8 Å². The smallest absolute Gasteiger partial charge is 0.321 e. The Morgan fingerprint density at radius 3 is 2.86 bits per heavy atom. The summed E-state index contributed by atoms with van der Waals surface area (Å²) in [4.78, 5) is 35.6. The first-order valence-electron chi connectivity index (χ1n) is 6.12. The summed E-state index contributed by atoms with van der Waals surface area (Å²) in [5.41, 5.74) is 5.54. The zero-order chi connectivity index (χ0) is 15.6. The molecule has 0 saturated carbocycles. The van der Waals surface area contributed by atoms with Crippen molar-refractivity contribution in [3.63, 3.8) is 0 Å². The van der Waals surface area contributed by atoms with Crippen molar-refractivity contribution in [2.24, 2.45) is 5.73 Å². The molecular formula is C13H13FN2O4S. The lowest BCUT2D eigenvalue weighted by molar-refractivity contribution is -0.138. The standard InChI is InChI=1S/C13H13FN2O4S/c14-7-2-1-3-8(4-7)16-11(17)5-10(12(16)18)21-6-9(15)13(19)20/h1-4,9-10H,5-6,15H2,(H,19,20)/t9-,10-/m1/s1. The van der Waals surface area contributed by atoms with E-state index in [4.69, 9.17) is 10.8 Å². The molecule has 1 aromatic carbocycles. The molecule has 21 heavy (non-hydrogen) atoms. The van der Waals surface area contributed by atoms with Crippen LogP contribution in [0.25, 0.3) is 0 Å². The lowest BCUT2D eigenvalue weighted by Crippen LogP contribution is -2.35. The van der Waals surface area contributed by atoms with E-state index in [2.05, 4.69) is 0 Å². The number of carbonyl (C=O) groups excluding carboxylic acids is 2. The van der Waals surface area contributed by atoms with Crippen molar-refractivity contribution < 1.29 is 23.9 Å². The number of hydrogen-bond acceptors (Lipinski definition) is 5. The SMILES string of the molecule is N[C@H](CS[C@@H]1CC(=O)N(c2cccc(F)c2)C1=O)C(=O)O. The number of nitrogens with two attached hydrogens (primary N) is 1. The van der Waals surface area contributed by atoms with E-state index >= 15 is 0 Å². The number of hydrogen-bond donors (Lipinski definition) is 2. The van der Waals surface area contributed by atoms with Crippen molar-refractivity contribution in [1.82, 2.24) is 0 Å². The van der Waals surface area contributed by atoms with Crippen LogP contribution in [0, 0.1) is 5.82 Å². The van der Waals surface area contributed by atoms with Gasteiger partial charge >= 0.3 is 5.97 Å². The molecule has 0 radical (unpaired) electrons. The van der Waals surface area contributed by atoms with Crippen LogP contribution in [0.2, 0.25) is 0 Å². The Morgan fingerprint density at radius 2 is 2.24 bits per heavy atom. The maximum atomic E-state index is 13.2. The van der Waals surface area contributed by atoms with Gasteiger partial charge in [-0.25, -0.2) is 9.29 Å². The first-order chi connectivity index (χ1) is 9.90. The summed E-state index contributed by atoms with van der Waals surface area (Å²) in [7, 11) is 0. The van der Waals surface area contributed by atoms with Crippen LogP contribution in [-0.4, -0.2) is 39.9 Å². The van der Waals surface area contributed by atoms with E-state index in [0.717, 1.165) is 22.7 Å². The van der Waals surface area contributed by atoms with Gasteiger partial charge in [-0.1, -0.05) is 6.07 Å². The van der Waals surface area contributed by atoms with Gasteiger partial charge in [-0.2, -0.15) is 0 Å². The number of imide groups is 1. The third kappa shape index (κ3) is 3.40. The average molecular weight is 312 g/mol. The molecule has 0 aromatic heterocycles. The van der Waals surface area contributed by atoms with Crippen molar-refractivity contribution >= 4 is 35.2 Å². The average Bonchev–Trinajstić information content (AvgIpc) is 2.70. The minimum atomic E-state index is -1.17. The largest absolute Gasteiger partial charge is 0.480 e. The van der Waals surface area contributed by atoms with Crippen LogP contribution in [-0.2, 0) is 14.4 Å². The lowest BCUT2D eigenvalue weighted by atomic mass is 10.3. The quantitative estimate of drug-likeness (QED) is 0.772. The van der Waals surface area contributed by atoms with E-state index in [1.54, 1.807) is 0 Å². The molecular weight excluding hydrogens is 299 g/mol. The Bertz CT molecular complexity index is 595. The van der Waals surface area contributed by atoms with Crippen molar-refractivity contribution in [2.75, 3.05) is 10.7 Å². The Kier molecular flexibility index (Phi) is 4.59. The van der Waals surface area contributed by atoms with Crippen LogP contribution in [0.1, 0.15) is 6.42 Å². The number of aliphatic carboxylic acids is 1. The molecule has 1 aliphatic heterocycles. The summed E-state index contributed by atoms with van der Waals surface area (Å²) in [6.07, 6.45) is -0.0493. The number of amides is 2. The fraction of sp³-hybridized carbons (Fsp3) is 0.308. The first kappa shape index (κ1) is 15.5. The molecule has 1 heterocycles. The summed E-state index contributed by atoms with van der Waals surface area (Å²) >= 11 is 1.02. The predicted octanol–water partition coefficient (Wildman–Crippen LogP) is 0.603. The normalized spacial score (nSPS) is 19.9. The lowest BCUT2D eigenvalue weighted by Gasteiger charge is -2.15. The van der Waals surface area contributed by atoms with Crippen molar-refractivity contribution in [2.45, 2.75) is 17.7 Å². The minimum absolute atomic E-state index is 0.0238. The van der Waals surface area contributed by atoms with Gasteiger partial charge in [0.2, 0.25) is 11.8 Å². The number of carbonyl (C=O) groups is 3. The molecule has 0 aliphatic carbocycles. The molecule has 2 atom stereocenters. The highest BCUT2D eigenvalue weighted by molar-refractivity contribution is 8.00. The van der Waals surface area contributed by atoms with Crippen LogP contribution in [0.4, 0.5) is 10.1 Å². The van der Waals surface area contributed by atoms with E-state index in [1.165, 1.54) is 18.2 Å². The van der Waals surface area contributed by atoms with E-state index in [1.807, 2.05) is 0 Å². The number of carboxylic acids is 1. The summed E-state index contributed by atoms with van der Waals surface area (Å²) in [6.45, 7) is 0. The molecule has 1 saturated heterocycles. The fourth-order valence-corrected chi connectivity index (χ4v) is 3.00. The molecule has 0 unspecified atom stereocenters. The van der Waals surface area contributed by atoms with Gasteiger partial charge in [0.1, 0.15) is 11.9 Å². The van der Waals surface area contributed by atoms with Crippen LogP contribution in [0.15, 0.2) is 24.3 Å². The summed E-state index contributed by atoms with van der Waals surface area (Å²) in [6, 6.07) is 4.10. The van der Waals surface area contributed by atoms with Crippen LogP contribution < -0.4 is 10.6 Å².